The summed E-state index contributed by atoms with van der Waals surface area (Å²) in [4.78, 5) is 14.7. The lowest BCUT2D eigenvalue weighted by molar-refractivity contribution is 0.0368. The third-order valence-electron chi connectivity index (χ3n) is 4.07. The average Bonchev–Trinajstić information content (AvgIpc) is 3.05. The van der Waals surface area contributed by atoms with E-state index in [0.29, 0.717) is 12.2 Å². The number of esters is 1. The van der Waals surface area contributed by atoms with Crippen LogP contribution in [0.25, 0.3) is 5.82 Å². The van der Waals surface area contributed by atoms with Crippen LogP contribution in [0.4, 0.5) is 5.82 Å². The van der Waals surface area contributed by atoms with Crippen molar-refractivity contribution >= 4 is 11.8 Å². The minimum Gasteiger partial charge on any atom is -0.458 e. The highest BCUT2D eigenvalue weighted by Gasteiger charge is 2.27. The molecule has 1 fully saturated rings. The minimum atomic E-state index is -0.513. The molecule has 0 spiro atoms. The van der Waals surface area contributed by atoms with Gasteiger partial charge in [-0.2, -0.15) is 4.68 Å². The molecule has 2 aromatic rings. The highest BCUT2D eigenvalue weighted by atomic mass is 16.6. The molecule has 0 saturated carbocycles. The van der Waals surface area contributed by atoms with E-state index in [9.17, 15) is 4.79 Å². The Morgan fingerprint density at radius 2 is 1.96 bits per heavy atom. The fourth-order valence-corrected chi connectivity index (χ4v) is 2.89. The van der Waals surface area contributed by atoms with Crippen molar-refractivity contribution in [2.24, 2.45) is 0 Å². The zero-order valence-electron chi connectivity index (χ0n) is 14.5. The summed E-state index contributed by atoms with van der Waals surface area (Å²) in [7, 11) is 0. The number of anilines is 1. The summed E-state index contributed by atoms with van der Waals surface area (Å²) < 4.78 is 11.4. The molecule has 0 atom stereocenters. The number of rotatable bonds is 5. The molecule has 2 N–H and O–H groups in total. The van der Waals surface area contributed by atoms with Gasteiger partial charge in [-0.3, -0.25) is 4.90 Å². The number of aromatic nitrogens is 5. The van der Waals surface area contributed by atoms with Crippen molar-refractivity contribution in [3.05, 3.63) is 11.4 Å². The van der Waals surface area contributed by atoms with E-state index in [0.717, 1.165) is 25.9 Å². The molecule has 1 aliphatic rings. The second kappa shape index (κ2) is 7.60. The van der Waals surface area contributed by atoms with Gasteiger partial charge in [0.25, 0.3) is 0 Å². The molecule has 0 unspecified atom stereocenters. The number of nitrogen functional groups attached to an aromatic ring is 1. The number of hydrogen-bond donors (Lipinski definition) is 1. The maximum Gasteiger partial charge on any atom is 0.361 e. The molecule has 0 aromatic carbocycles. The fraction of sp³-hybridized carbons (Fsp3) is 0.667. The van der Waals surface area contributed by atoms with Crippen molar-refractivity contribution in [3.8, 4) is 5.82 Å². The van der Waals surface area contributed by atoms with Crippen molar-refractivity contribution in [1.82, 2.24) is 30.2 Å². The molecule has 136 valence electrons. The summed E-state index contributed by atoms with van der Waals surface area (Å²) in [6.45, 7) is 5.99. The van der Waals surface area contributed by atoms with Crippen LogP contribution in [0, 0.1) is 0 Å². The summed E-state index contributed by atoms with van der Waals surface area (Å²) in [5, 5.41) is 15.4. The molecule has 2 aromatic heterocycles. The van der Waals surface area contributed by atoms with Gasteiger partial charge in [0.05, 0.1) is 11.8 Å². The van der Waals surface area contributed by atoms with Crippen LogP contribution in [0.3, 0.4) is 0 Å². The van der Waals surface area contributed by atoms with Gasteiger partial charge in [-0.25, -0.2) is 9.42 Å². The van der Waals surface area contributed by atoms with Gasteiger partial charge in [0.2, 0.25) is 11.6 Å². The van der Waals surface area contributed by atoms with E-state index in [-0.39, 0.29) is 23.4 Å². The summed E-state index contributed by atoms with van der Waals surface area (Å²) in [5.41, 5.74) is 6.53. The first-order valence-corrected chi connectivity index (χ1v) is 8.52. The van der Waals surface area contributed by atoms with Crippen LogP contribution in [0.2, 0.25) is 0 Å². The predicted molar refractivity (Wildman–Crippen MR) is 87.9 cm³/mol. The topological polar surface area (TPSA) is 125 Å². The number of likely N-dealkylation sites (tertiary alicyclic amines) is 1. The normalized spacial score (nSPS) is 16.1. The van der Waals surface area contributed by atoms with Crippen LogP contribution >= 0.6 is 0 Å². The van der Waals surface area contributed by atoms with Crippen LogP contribution < -0.4 is 5.73 Å². The van der Waals surface area contributed by atoms with Crippen molar-refractivity contribution in [3.63, 3.8) is 0 Å². The Morgan fingerprint density at radius 1 is 1.24 bits per heavy atom. The van der Waals surface area contributed by atoms with E-state index in [2.05, 4.69) is 30.2 Å². The van der Waals surface area contributed by atoms with Gasteiger partial charge in [-0.1, -0.05) is 18.1 Å². The van der Waals surface area contributed by atoms with Crippen LogP contribution in [0.15, 0.2) is 4.63 Å². The lowest BCUT2D eigenvalue weighted by Gasteiger charge is -2.20. The highest BCUT2D eigenvalue weighted by molar-refractivity contribution is 5.88. The maximum atomic E-state index is 12.4. The van der Waals surface area contributed by atoms with Gasteiger partial charge in [-0.15, -0.1) is 5.10 Å². The molecule has 1 saturated heterocycles. The first kappa shape index (κ1) is 17.3. The molecule has 0 amide bonds. The smallest absolute Gasteiger partial charge is 0.361 e. The Kier molecular flexibility index (Phi) is 5.27. The predicted octanol–water partition coefficient (Wildman–Crippen LogP) is 1.17. The van der Waals surface area contributed by atoms with Gasteiger partial charge in [0.1, 0.15) is 0 Å². The van der Waals surface area contributed by atoms with E-state index in [4.69, 9.17) is 10.5 Å². The molecule has 0 radical (unpaired) electrons. The number of hydrogen-bond acceptors (Lipinski definition) is 9. The number of carbonyl (C=O) groups excluding carboxylic acids is 1. The van der Waals surface area contributed by atoms with E-state index in [1.54, 1.807) is 13.8 Å². The van der Waals surface area contributed by atoms with Crippen LogP contribution in [0.5, 0.6) is 0 Å². The third kappa shape index (κ3) is 3.95. The number of carbonyl (C=O) groups is 1. The SMILES string of the molecule is CC(C)OC(=O)c1nnn(-c2nonc2N)c1CN1CCCCCC1. The van der Waals surface area contributed by atoms with Crippen molar-refractivity contribution < 1.29 is 14.2 Å². The van der Waals surface area contributed by atoms with Gasteiger partial charge < -0.3 is 10.5 Å². The van der Waals surface area contributed by atoms with E-state index >= 15 is 0 Å². The second-order valence-electron chi connectivity index (χ2n) is 6.41. The van der Waals surface area contributed by atoms with E-state index in [1.165, 1.54) is 17.5 Å². The fourth-order valence-electron chi connectivity index (χ4n) is 2.89. The number of nitrogens with two attached hydrogens (primary N) is 1. The molecular formula is C15H23N7O3. The van der Waals surface area contributed by atoms with E-state index in [1.807, 2.05) is 0 Å². The summed E-state index contributed by atoms with van der Waals surface area (Å²) in [6.07, 6.45) is 4.44. The first-order valence-electron chi connectivity index (χ1n) is 8.52. The average molecular weight is 349 g/mol. The Labute approximate surface area is 145 Å². The van der Waals surface area contributed by atoms with Crippen LogP contribution in [-0.2, 0) is 11.3 Å². The Morgan fingerprint density at radius 3 is 2.56 bits per heavy atom. The third-order valence-corrected chi connectivity index (χ3v) is 4.07. The van der Waals surface area contributed by atoms with Crippen LogP contribution in [0.1, 0.15) is 55.7 Å². The van der Waals surface area contributed by atoms with Gasteiger partial charge >= 0.3 is 5.97 Å². The standard InChI is InChI=1S/C15H23N7O3/c1-10(2)24-15(23)12-11(9-21-7-5-3-4-6-8-21)22(20-17-12)14-13(16)18-25-19-14/h10H,3-9H2,1-2H3,(H2,16,18). The Hall–Kier alpha value is -2.49. The van der Waals surface area contributed by atoms with Crippen molar-refractivity contribution in [2.45, 2.75) is 52.2 Å². The monoisotopic (exact) mass is 349 g/mol. The van der Waals surface area contributed by atoms with E-state index < -0.39 is 5.97 Å². The van der Waals surface area contributed by atoms with Crippen LogP contribution in [-0.4, -0.2) is 55.4 Å². The highest BCUT2D eigenvalue weighted by Crippen LogP contribution is 2.20. The summed E-state index contributed by atoms with van der Waals surface area (Å²) in [6, 6.07) is 0. The number of ether oxygens (including phenoxy) is 1. The zero-order chi connectivity index (χ0) is 17.8. The summed E-state index contributed by atoms with van der Waals surface area (Å²) in [5.74, 6) is -0.201. The molecule has 3 heterocycles. The molecule has 3 rings (SSSR count). The first-order chi connectivity index (χ1) is 12.1. The van der Waals surface area contributed by atoms with Crippen molar-refractivity contribution in [2.75, 3.05) is 18.8 Å². The van der Waals surface area contributed by atoms with Crippen molar-refractivity contribution in [1.29, 1.82) is 0 Å². The van der Waals surface area contributed by atoms with Gasteiger partial charge in [-0.05, 0) is 50.1 Å². The Balaban J connectivity index is 1.94. The van der Waals surface area contributed by atoms with Gasteiger partial charge in [0.15, 0.2) is 5.69 Å². The molecule has 10 nitrogen and oxygen atoms in total. The maximum absolute atomic E-state index is 12.4. The number of nitrogens with zero attached hydrogens (tertiary/aromatic N) is 6. The lowest BCUT2D eigenvalue weighted by Crippen LogP contribution is -2.27. The molecule has 0 aliphatic carbocycles. The molecule has 10 heteroatoms. The zero-order valence-corrected chi connectivity index (χ0v) is 14.5. The Bertz CT molecular complexity index is 717. The minimum absolute atomic E-state index is 0.0887. The lowest BCUT2D eigenvalue weighted by atomic mass is 10.2. The molecular weight excluding hydrogens is 326 g/mol. The largest absolute Gasteiger partial charge is 0.458 e. The molecule has 25 heavy (non-hydrogen) atoms. The summed E-state index contributed by atoms with van der Waals surface area (Å²) >= 11 is 0. The molecule has 1 aliphatic heterocycles. The molecule has 0 bridgehead atoms. The quantitative estimate of drug-likeness (QED) is 0.792. The second-order valence-corrected chi connectivity index (χ2v) is 6.41. The van der Waals surface area contributed by atoms with Gasteiger partial charge in [0, 0.05) is 6.54 Å².